The number of guanidine groups is 1. The van der Waals surface area contributed by atoms with E-state index in [0.717, 1.165) is 24.2 Å². The monoisotopic (exact) mass is 223 g/mol. The highest BCUT2D eigenvalue weighted by Crippen LogP contribution is 2.29. The molecule has 88 valence electrons. The number of nitrogens with two attached hydrogens (primary N) is 1. The molecule has 15 heavy (non-hydrogen) atoms. The molecule has 1 rings (SSSR count). The fraction of sp³-hybridized carbons (Fsp3) is 0.889. The zero-order chi connectivity index (χ0) is 11.5. The van der Waals surface area contributed by atoms with Crippen LogP contribution in [-0.4, -0.2) is 36.2 Å². The first-order chi connectivity index (χ1) is 6.94. The lowest BCUT2D eigenvalue weighted by Crippen LogP contribution is -2.44. The molecule has 0 saturated heterocycles. The van der Waals surface area contributed by atoms with Crippen molar-refractivity contribution >= 4 is 5.96 Å². The number of nitrogens with zero attached hydrogens (tertiary/aromatic N) is 2. The molecular formula is C9H16F3N3. The van der Waals surface area contributed by atoms with E-state index in [2.05, 4.69) is 4.99 Å². The number of aliphatic imine (C=N–C) groups is 1. The van der Waals surface area contributed by atoms with Crippen molar-refractivity contribution in [2.24, 2.45) is 10.7 Å². The molecule has 0 bridgehead atoms. The summed E-state index contributed by atoms with van der Waals surface area (Å²) in [5.41, 5.74) is 5.53. The number of alkyl halides is 3. The molecule has 0 aromatic carbocycles. The third-order valence-corrected chi connectivity index (χ3v) is 2.13. The van der Waals surface area contributed by atoms with Crippen molar-refractivity contribution in [3.8, 4) is 0 Å². The maximum absolute atomic E-state index is 12.2. The van der Waals surface area contributed by atoms with Crippen LogP contribution in [0.3, 0.4) is 0 Å². The summed E-state index contributed by atoms with van der Waals surface area (Å²) in [6, 6.07) is -0.0627. The van der Waals surface area contributed by atoms with E-state index < -0.39 is 12.7 Å². The first-order valence-corrected chi connectivity index (χ1v) is 5.07. The van der Waals surface area contributed by atoms with Gasteiger partial charge in [0, 0.05) is 12.6 Å². The van der Waals surface area contributed by atoms with E-state index in [9.17, 15) is 13.2 Å². The Balaban J connectivity index is 2.57. The van der Waals surface area contributed by atoms with Gasteiger partial charge in [0.1, 0.15) is 6.54 Å². The van der Waals surface area contributed by atoms with E-state index in [1.54, 1.807) is 0 Å². The lowest BCUT2D eigenvalue weighted by atomic mass is 10.4. The second-order valence-electron chi connectivity index (χ2n) is 3.71. The molecule has 2 N–H and O–H groups in total. The van der Waals surface area contributed by atoms with Crippen molar-refractivity contribution < 1.29 is 13.2 Å². The Morgan fingerprint density at radius 3 is 2.47 bits per heavy atom. The summed E-state index contributed by atoms with van der Waals surface area (Å²) >= 11 is 0. The van der Waals surface area contributed by atoms with Crippen molar-refractivity contribution in [3.63, 3.8) is 0 Å². The summed E-state index contributed by atoms with van der Waals surface area (Å²) < 4.78 is 36.7. The number of rotatable bonds is 4. The number of halogens is 3. The Kier molecular flexibility index (Phi) is 3.82. The molecule has 1 fully saturated rings. The highest BCUT2D eigenvalue weighted by Gasteiger charge is 2.39. The van der Waals surface area contributed by atoms with Gasteiger partial charge in [0.15, 0.2) is 5.96 Å². The van der Waals surface area contributed by atoms with Gasteiger partial charge < -0.3 is 10.6 Å². The second-order valence-corrected chi connectivity index (χ2v) is 3.71. The Morgan fingerprint density at radius 1 is 1.47 bits per heavy atom. The number of hydrogen-bond acceptors (Lipinski definition) is 1. The molecular weight excluding hydrogens is 207 g/mol. The molecule has 0 heterocycles. The molecule has 0 aromatic heterocycles. The molecule has 6 heteroatoms. The fourth-order valence-electron chi connectivity index (χ4n) is 1.29. The highest BCUT2D eigenvalue weighted by molar-refractivity contribution is 5.78. The van der Waals surface area contributed by atoms with Gasteiger partial charge in [-0.2, -0.15) is 13.2 Å². The van der Waals surface area contributed by atoms with Gasteiger partial charge >= 0.3 is 6.18 Å². The number of hydrogen-bond donors (Lipinski definition) is 1. The van der Waals surface area contributed by atoms with Crippen LogP contribution < -0.4 is 5.73 Å². The lowest BCUT2D eigenvalue weighted by molar-refractivity contribution is -0.138. The zero-order valence-electron chi connectivity index (χ0n) is 8.72. The second kappa shape index (κ2) is 4.72. The average Bonchev–Trinajstić information content (AvgIpc) is 2.92. The Bertz CT molecular complexity index is 233. The minimum Gasteiger partial charge on any atom is -0.370 e. The fourth-order valence-corrected chi connectivity index (χ4v) is 1.29. The summed E-state index contributed by atoms with van der Waals surface area (Å²) in [4.78, 5) is 5.07. The maximum Gasteiger partial charge on any atom is 0.406 e. The standard InChI is InChI=1S/C9H16F3N3/c1-2-5-14-8(13)15(7-3-4-7)6-9(10,11)12/h7H,2-6H2,1H3,(H2,13,14). The largest absolute Gasteiger partial charge is 0.406 e. The normalized spacial score (nSPS) is 18.0. The Morgan fingerprint density at radius 2 is 2.07 bits per heavy atom. The van der Waals surface area contributed by atoms with Gasteiger partial charge in [-0.05, 0) is 19.3 Å². The van der Waals surface area contributed by atoms with Crippen molar-refractivity contribution in [3.05, 3.63) is 0 Å². The van der Waals surface area contributed by atoms with Gasteiger partial charge in [0.25, 0.3) is 0 Å². The average molecular weight is 223 g/mol. The van der Waals surface area contributed by atoms with E-state index in [4.69, 9.17) is 5.73 Å². The van der Waals surface area contributed by atoms with Crippen molar-refractivity contribution in [1.82, 2.24) is 4.90 Å². The van der Waals surface area contributed by atoms with Crippen LogP contribution in [0.25, 0.3) is 0 Å². The maximum atomic E-state index is 12.2. The molecule has 3 nitrogen and oxygen atoms in total. The molecule has 0 unspecified atom stereocenters. The molecule has 1 saturated carbocycles. The zero-order valence-corrected chi connectivity index (χ0v) is 8.72. The minimum absolute atomic E-state index is 0.0247. The third-order valence-electron chi connectivity index (χ3n) is 2.13. The van der Waals surface area contributed by atoms with Crippen LogP contribution in [0.15, 0.2) is 4.99 Å². The smallest absolute Gasteiger partial charge is 0.370 e. The van der Waals surface area contributed by atoms with Crippen molar-refractivity contribution in [2.45, 2.75) is 38.4 Å². The first kappa shape index (κ1) is 12.1. The minimum atomic E-state index is -4.21. The molecule has 0 atom stereocenters. The van der Waals surface area contributed by atoms with Crippen LogP contribution in [0.5, 0.6) is 0 Å². The molecule has 0 spiro atoms. The van der Waals surface area contributed by atoms with Crippen LogP contribution in [0, 0.1) is 0 Å². The van der Waals surface area contributed by atoms with Gasteiger partial charge in [0.2, 0.25) is 0 Å². The SMILES string of the molecule is CCCN=C(N)N(CC(F)(F)F)C1CC1. The van der Waals surface area contributed by atoms with Crippen LogP contribution in [-0.2, 0) is 0 Å². The Labute approximate surface area is 87.1 Å². The van der Waals surface area contributed by atoms with Gasteiger partial charge in [0.05, 0.1) is 0 Å². The first-order valence-electron chi connectivity index (χ1n) is 5.07. The van der Waals surface area contributed by atoms with E-state index >= 15 is 0 Å². The Hall–Kier alpha value is -0.940. The third kappa shape index (κ3) is 4.40. The van der Waals surface area contributed by atoms with E-state index in [-0.39, 0.29) is 12.0 Å². The highest BCUT2D eigenvalue weighted by atomic mass is 19.4. The summed E-state index contributed by atoms with van der Waals surface area (Å²) in [5, 5.41) is 0. The van der Waals surface area contributed by atoms with E-state index in [1.807, 2.05) is 6.92 Å². The van der Waals surface area contributed by atoms with Gasteiger partial charge in [-0.25, -0.2) is 0 Å². The molecule has 1 aliphatic carbocycles. The summed E-state index contributed by atoms with van der Waals surface area (Å²) in [6.07, 6.45) is -1.88. The summed E-state index contributed by atoms with van der Waals surface area (Å²) in [5.74, 6) is 0.0247. The molecule has 1 aliphatic rings. The molecule has 0 aliphatic heterocycles. The van der Waals surface area contributed by atoms with Gasteiger partial charge in [-0.3, -0.25) is 4.99 Å². The van der Waals surface area contributed by atoms with Crippen molar-refractivity contribution in [2.75, 3.05) is 13.1 Å². The van der Waals surface area contributed by atoms with Crippen LogP contribution in [0.4, 0.5) is 13.2 Å². The van der Waals surface area contributed by atoms with Gasteiger partial charge in [-0.15, -0.1) is 0 Å². The quantitative estimate of drug-likeness (QED) is 0.582. The van der Waals surface area contributed by atoms with Crippen LogP contribution >= 0.6 is 0 Å². The topological polar surface area (TPSA) is 41.6 Å². The molecule has 0 radical (unpaired) electrons. The van der Waals surface area contributed by atoms with Crippen LogP contribution in [0.1, 0.15) is 26.2 Å². The van der Waals surface area contributed by atoms with E-state index in [1.165, 1.54) is 0 Å². The predicted octanol–water partition coefficient (Wildman–Crippen LogP) is 1.74. The summed E-state index contributed by atoms with van der Waals surface area (Å²) in [7, 11) is 0. The molecule has 0 amide bonds. The van der Waals surface area contributed by atoms with Gasteiger partial charge in [-0.1, -0.05) is 6.92 Å². The molecule has 0 aromatic rings. The van der Waals surface area contributed by atoms with Crippen molar-refractivity contribution in [1.29, 1.82) is 0 Å². The summed E-state index contributed by atoms with van der Waals surface area (Å²) in [6.45, 7) is 1.39. The lowest BCUT2D eigenvalue weighted by Gasteiger charge is -2.24. The predicted molar refractivity (Wildman–Crippen MR) is 52.6 cm³/mol. The van der Waals surface area contributed by atoms with E-state index in [0.29, 0.717) is 6.54 Å². The van der Waals surface area contributed by atoms with Crippen LogP contribution in [0.2, 0.25) is 0 Å².